The summed E-state index contributed by atoms with van der Waals surface area (Å²) in [6, 6.07) is 6.22. The first kappa shape index (κ1) is 11.3. The number of nitrogens with zero attached hydrogens (tertiary/aromatic N) is 1. The third kappa shape index (κ3) is 2.14. The Balaban J connectivity index is 2.20. The molecule has 88 valence electrons. The van der Waals surface area contributed by atoms with Crippen molar-refractivity contribution in [2.24, 2.45) is 0 Å². The Morgan fingerprint density at radius 2 is 2.25 bits per heavy atom. The maximum atomic E-state index is 6.12. The first-order chi connectivity index (χ1) is 7.72. The van der Waals surface area contributed by atoms with Crippen molar-refractivity contribution in [3.63, 3.8) is 0 Å². The van der Waals surface area contributed by atoms with E-state index in [0.29, 0.717) is 6.10 Å². The lowest BCUT2D eigenvalue weighted by Gasteiger charge is -2.34. The van der Waals surface area contributed by atoms with Gasteiger partial charge in [0.05, 0.1) is 17.5 Å². The van der Waals surface area contributed by atoms with Crippen molar-refractivity contribution in [3.8, 4) is 0 Å². The van der Waals surface area contributed by atoms with Gasteiger partial charge in [0, 0.05) is 20.2 Å². The Bertz CT molecular complexity index is 365. The molecular weight excluding hydrogens is 200 g/mol. The molecular formula is C13H20N2O. The van der Waals surface area contributed by atoms with Crippen LogP contribution in [0.5, 0.6) is 0 Å². The molecule has 3 heteroatoms. The Morgan fingerprint density at radius 1 is 1.44 bits per heavy atom. The zero-order chi connectivity index (χ0) is 11.5. The molecule has 0 saturated carbocycles. The summed E-state index contributed by atoms with van der Waals surface area (Å²) >= 11 is 0. The van der Waals surface area contributed by atoms with Crippen LogP contribution in [-0.4, -0.2) is 26.3 Å². The molecule has 1 aromatic carbocycles. The Labute approximate surface area is 97.2 Å². The summed E-state index contributed by atoms with van der Waals surface area (Å²) < 4.78 is 5.43. The molecule has 16 heavy (non-hydrogen) atoms. The van der Waals surface area contributed by atoms with Gasteiger partial charge in [0.25, 0.3) is 0 Å². The fraction of sp³-hybridized carbons (Fsp3) is 0.538. The van der Waals surface area contributed by atoms with Crippen LogP contribution in [0.4, 0.5) is 11.4 Å². The van der Waals surface area contributed by atoms with Crippen LogP contribution in [0.3, 0.4) is 0 Å². The lowest BCUT2D eigenvalue weighted by Crippen LogP contribution is -2.39. The molecule has 1 atom stereocenters. The average molecular weight is 220 g/mol. The lowest BCUT2D eigenvalue weighted by atomic mass is 10.1. The molecule has 0 aliphatic carbocycles. The molecule has 1 unspecified atom stereocenters. The van der Waals surface area contributed by atoms with Gasteiger partial charge in [-0.2, -0.15) is 0 Å². The van der Waals surface area contributed by atoms with E-state index in [4.69, 9.17) is 10.5 Å². The summed E-state index contributed by atoms with van der Waals surface area (Å²) in [6.07, 6.45) is 2.67. The van der Waals surface area contributed by atoms with Gasteiger partial charge in [0.2, 0.25) is 0 Å². The maximum Gasteiger partial charge on any atom is 0.0746 e. The molecule has 0 spiro atoms. The van der Waals surface area contributed by atoms with Crippen molar-refractivity contribution in [3.05, 3.63) is 23.8 Å². The van der Waals surface area contributed by atoms with Crippen molar-refractivity contribution in [2.45, 2.75) is 25.9 Å². The van der Waals surface area contributed by atoms with E-state index < -0.39 is 0 Å². The number of benzene rings is 1. The molecule has 0 aromatic heterocycles. The van der Waals surface area contributed by atoms with Crippen LogP contribution in [0.1, 0.15) is 18.4 Å². The quantitative estimate of drug-likeness (QED) is 0.776. The van der Waals surface area contributed by atoms with E-state index in [0.717, 1.165) is 36.4 Å². The minimum Gasteiger partial charge on any atom is -0.397 e. The summed E-state index contributed by atoms with van der Waals surface area (Å²) in [5.41, 5.74) is 9.32. The smallest absolute Gasteiger partial charge is 0.0746 e. The van der Waals surface area contributed by atoms with Crippen molar-refractivity contribution < 1.29 is 4.74 Å². The van der Waals surface area contributed by atoms with Crippen LogP contribution in [0.2, 0.25) is 0 Å². The van der Waals surface area contributed by atoms with E-state index in [1.54, 1.807) is 7.11 Å². The monoisotopic (exact) mass is 220 g/mol. The molecule has 1 aromatic rings. The number of aryl methyl sites for hydroxylation is 1. The molecule has 1 fully saturated rings. The predicted octanol–water partition coefficient (Wildman–Crippen LogP) is 2.19. The molecule has 2 N–H and O–H groups in total. The van der Waals surface area contributed by atoms with Crippen molar-refractivity contribution >= 4 is 11.4 Å². The highest BCUT2D eigenvalue weighted by Crippen LogP contribution is 2.28. The topological polar surface area (TPSA) is 38.5 Å². The molecule has 1 heterocycles. The van der Waals surface area contributed by atoms with Crippen molar-refractivity contribution in [2.75, 3.05) is 30.8 Å². The normalized spacial score (nSPS) is 21.1. The molecule has 0 radical (unpaired) electrons. The molecule has 0 bridgehead atoms. The maximum absolute atomic E-state index is 6.12. The van der Waals surface area contributed by atoms with Gasteiger partial charge in [-0.15, -0.1) is 0 Å². The number of methoxy groups -OCH3 is 1. The first-order valence-electron chi connectivity index (χ1n) is 5.85. The van der Waals surface area contributed by atoms with Gasteiger partial charge >= 0.3 is 0 Å². The second-order valence-corrected chi connectivity index (χ2v) is 4.45. The van der Waals surface area contributed by atoms with Crippen LogP contribution < -0.4 is 10.6 Å². The van der Waals surface area contributed by atoms with E-state index in [1.807, 2.05) is 0 Å². The van der Waals surface area contributed by atoms with Crippen LogP contribution in [-0.2, 0) is 4.74 Å². The summed E-state index contributed by atoms with van der Waals surface area (Å²) in [5, 5.41) is 0. The Morgan fingerprint density at radius 3 is 3.00 bits per heavy atom. The Kier molecular flexibility index (Phi) is 3.34. The molecule has 0 amide bonds. The number of hydrogen-bond donors (Lipinski definition) is 1. The van der Waals surface area contributed by atoms with Crippen LogP contribution >= 0.6 is 0 Å². The summed E-state index contributed by atoms with van der Waals surface area (Å²) in [4.78, 5) is 2.33. The minimum absolute atomic E-state index is 0.341. The highest BCUT2D eigenvalue weighted by atomic mass is 16.5. The fourth-order valence-corrected chi connectivity index (χ4v) is 2.29. The largest absolute Gasteiger partial charge is 0.397 e. The van der Waals surface area contributed by atoms with Gasteiger partial charge < -0.3 is 15.4 Å². The fourth-order valence-electron chi connectivity index (χ4n) is 2.29. The first-order valence-corrected chi connectivity index (χ1v) is 5.85. The van der Waals surface area contributed by atoms with Crippen molar-refractivity contribution in [1.29, 1.82) is 0 Å². The van der Waals surface area contributed by atoms with Gasteiger partial charge in [-0.25, -0.2) is 0 Å². The molecule has 2 rings (SSSR count). The third-order valence-corrected chi connectivity index (χ3v) is 3.35. The van der Waals surface area contributed by atoms with Gasteiger partial charge in [-0.1, -0.05) is 12.1 Å². The second kappa shape index (κ2) is 4.74. The number of ether oxygens (including phenoxy) is 1. The molecule has 3 nitrogen and oxygen atoms in total. The standard InChI is InChI=1S/C13H20N2O/c1-10-5-3-7-12(13(10)14)15-8-4-6-11(9-15)16-2/h3,5,7,11H,4,6,8-9,14H2,1-2H3. The van der Waals surface area contributed by atoms with Crippen LogP contribution in [0.25, 0.3) is 0 Å². The number of hydrogen-bond acceptors (Lipinski definition) is 3. The summed E-state index contributed by atoms with van der Waals surface area (Å²) in [5.74, 6) is 0. The van der Waals surface area contributed by atoms with Gasteiger partial charge in [0.1, 0.15) is 0 Å². The lowest BCUT2D eigenvalue weighted by molar-refractivity contribution is 0.0894. The third-order valence-electron chi connectivity index (χ3n) is 3.35. The van der Waals surface area contributed by atoms with Crippen LogP contribution in [0.15, 0.2) is 18.2 Å². The van der Waals surface area contributed by atoms with Gasteiger partial charge in [-0.3, -0.25) is 0 Å². The highest BCUT2D eigenvalue weighted by Gasteiger charge is 2.21. The zero-order valence-electron chi connectivity index (χ0n) is 10.1. The highest BCUT2D eigenvalue weighted by molar-refractivity contribution is 5.71. The SMILES string of the molecule is COC1CCCN(c2cccc(C)c2N)C1. The number of anilines is 2. The zero-order valence-corrected chi connectivity index (χ0v) is 10.1. The number of rotatable bonds is 2. The number of nitrogens with two attached hydrogens (primary N) is 1. The van der Waals surface area contributed by atoms with Crippen LogP contribution in [0, 0.1) is 6.92 Å². The van der Waals surface area contributed by atoms with E-state index in [1.165, 1.54) is 6.42 Å². The van der Waals surface area contributed by atoms with E-state index in [9.17, 15) is 0 Å². The summed E-state index contributed by atoms with van der Waals surface area (Å²) in [7, 11) is 1.79. The van der Waals surface area contributed by atoms with Crippen molar-refractivity contribution in [1.82, 2.24) is 0 Å². The second-order valence-electron chi connectivity index (χ2n) is 4.45. The number of para-hydroxylation sites is 1. The average Bonchev–Trinajstić information content (AvgIpc) is 2.33. The minimum atomic E-state index is 0.341. The van der Waals surface area contributed by atoms with E-state index in [-0.39, 0.29) is 0 Å². The van der Waals surface area contributed by atoms with Gasteiger partial charge in [0.15, 0.2) is 0 Å². The molecule has 1 aliphatic heterocycles. The number of piperidine rings is 1. The van der Waals surface area contributed by atoms with Gasteiger partial charge in [-0.05, 0) is 31.4 Å². The Hall–Kier alpha value is -1.22. The summed E-state index contributed by atoms with van der Waals surface area (Å²) in [6.45, 7) is 4.08. The van der Waals surface area contributed by atoms with E-state index >= 15 is 0 Å². The molecule has 1 aliphatic rings. The van der Waals surface area contributed by atoms with E-state index in [2.05, 4.69) is 30.0 Å². The molecule has 1 saturated heterocycles. The number of nitrogen functional groups attached to an aromatic ring is 1. The predicted molar refractivity (Wildman–Crippen MR) is 67.8 cm³/mol.